The summed E-state index contributed by atoms with van der Waals surface area (Å²) in [4.78, 5) is 10.8. The number of carboxylic acids is 1. The smallest absolute Gasteiger partial charge is 0.358 e. The standard InChI is InChI=1S/C12H10BrNO6/c1-18-8-3-5(13)10(15)9(11(8)19-2)7-4-6(12(16)17)14-20-7/h3-4,15H,1-2H3,(H,16,17). The molecule has 1 aromatic heterocycles. The molecule has 0 bridgehead atoms. The van der Waals surface area contributed by atoms with Crippen molar-refractivity contribution in [3.8, 4) is 28.6 Å². The molecule has 0 saturated heterocycles. The molecule has 0 aliphatic carbocycles. The highest BCUT2D eigenvalue weighted by molar-refractivity contribution is 9.10. The van der Waals surface area contributed by atoms with E-state index in [0.717, 1.165) is 0 Å². The van der Waals surface area contributed by atoms with Gasteiger partial charge in [-0.15, -0.1) is 0 Å². The number of aromatic hydroxyl groups is 1. The molecule has 0 unspecified atom stereocenters. The van der Waals surface area contributed by atoms with Crippen molar-refractivity contribution in [2.45, 2.75) is 0 Å². The maximum absolute atomic E-state index is 10.8. The van der Waals surface area contributed by atoms with Gasteiger partial charge in [0, 0.05) is 12.1 Å². The van der Waals surface area contributed by atoms with Crippen LogP contribution < -0.4 is 9.47 Å². The molecule has 0 aliphatic heterocycles. The minimum absolute atomic E-state index is 0.0522. The Kier molecular flexibility index (Phi) is 3.84. The lowest BCUT2D eigenvalue weighted by Crippen LogP contribution is -1.95. The van der Waals surface area contributed by atoms with Crippen LogP contribution in [0.15, 0.2) is 21.1 Å². The van der Waals surface area contributed by atoms with E-state index in [-0.39, 0.29) is 28.5 Å². The fourth-order valence-corrected chi connectivity index (χ4v) is 2.08. The van der Waals surface area contributed by atoms with Gasteiger partial charge < -0.3 is 24.2 Å². The number of aromatic carboxylic acids is 1. The molecule has 20 heavy (non-hydrogen) atoms. The number of rotatable bonds is 4. The average molecular weight is 344 g/mol. The van der Waals surface area contributed by atoms with Crippen molar-refractivity contribution >= 4 is 21.9 Å². The van der Waals surface area contributed by atoms with Crippen molar-refractivity contribution in [1.82, 2.24) is 5.16 Å². The molecule has 2 rings (SSSR count). The van der Waals surface area contributed by atoms with Crippen LogP contribution in [-0.2, 0) is 0 Å². The quantitative estimate of drug-likeness (QED) is 0.879. The van der Waals surface area contributed by atoms with Crippen molar-refractivity contribution in [3.05, 3.63) is 22.3 Å². The number of phenolic OH excluding ortho intramolecular Hbond substituents is 1. The lowest BCUT2D eigenvalue weighted by atomic mass is 10.1. The number of methoxy groups -OCH3 is 2. The molecule has 7 nitrogen and oxygen atoms in total. The fraction of sp³-hybridized carbons (Fsp3) is 0.167. The van der Waals surface area contributed by atoms with Crippen molar-refractivity contribution in [2.75, 3.05) is 14.2 Å². The van der Waals surface area contributed by atoms with Crippen LogP contribution in [0.5, 0.6) is 17.2 Å². The maximum Gasteiger partial charge on any atom is 0.358 e. The molecule has 106 valence electrons. The van der Waals surface area contributed by atoms with Crippen LogP contribution in [0.3, 0.4) is 0 Å². The highest BCUT2D eigenvalue weighted by atomic mass is 79.9. The van der Waals surface area contributed by atoms with Crippen LogP contribution in [-0.4, -0.2) is 35.6 Å². The molecular formula is C12H10BrNO6. The molecular weight excluding hydrogens is 334 g/mol. The minimum Gasteiger partial charge on any atom is -0.506 e. The molecule has 0 saturated carbocycles. The SMILES string of the molecule is COc1cc(Br)c(O)c(-c2cc(C(=O)O)no2)c1OC. The molecule has 0 radical (unpaired) electrons. The molecule has 2 N–H and O–H groups in total. The van der Waals surface area contributed by atoms with Gasteiger partial charge in [-0.1, -0.05) is 5.16 Å². The van der Waals surface area contributed by atoms with E-state index in [1.54, 1.807) is 0 Å². The molecule has 1 heterocycles. The molecule has 0 fully saturated rings. The summed E-state index contributed by atoms with van der Waals surface area (Å²) in [6.07, 6.45) is 0. The number of aromatic nitrogens is 1. The zero-order valence-electron chi connectivity index (χ0n) is 10.5. The highest BCUT2D eigenvalue weighted by Gasteiger charge is 2.24. The molecule has 2 aromatic rings. The normalized spacial score (nSPS) is 10.3. The van der Waals surface area contributed by atoms with Gasteiger partial charge in [0.2, 0.25) is 0 Å². The molecule has 1 aromatic carbocycles. The topological polar surface area (TPSA) is 102 Å². The van der Waals surface area contributed by atoms with E-state index in [2.05, 4.69) is 21.1 Å². The number of ether oxygens (including phenoxy) is 2. The largest absolute Gasteiger partial charge is 0.506 e. The Labute approximate surface area is 121 Å². The second kappa shape index (κ2) is 5.41. The van der Waals surface area contributed by atoms with E-state index < -0.39 is 5.97 Å². The van der Waals surface area contributed by atoms with Gasteiger partial charge in [-0.3, -0.25) is 0 Å². The number of nitrogens with zero attached hydrogens (tertiary/aromatic N) is 1. The first-order valence-electron chi connectivity index (χ1n) is 5.33. The number of hydrogen-bond acceptors (Lipinski definition) is 6. The van der Waals surface area contributed by atoms with Gasteiger partial charge in [-0.2, -0.15) is 0 Å². The Morgan fingerprint density at radius 2 is 2.05 bits per heavy atom. The molecule has 8 heteroatoms. The lowest BCUT2D eigenvalue weighted by molar-refractivity contribution is 0.0686. The summed E-state index contributed by atoms with van der Waals surface area (Å²) >= 11 is 3.17. The second-order valence-corrected chi connectivity index (χ2v) is 4.55. The number of phenols is 1. The van der Waals surface area contributed by atoms with E-state index in [0.29, 0.717) is 10.2 Å². The predicted molar refractivity (Wildman–Crippen MR) is 71.4 cm³/mol. The van der Waals surface area contributed by atoms with Gasteiger partial charge in [0.05, 0.1) is 18.7 Å². The van der Waals surface area contributed by atoms with Crippen molar-refractivity contribution < 1.29 is 29.0 Å². The zero-order valence-corrected chi connectivity index (χ0v) is 12.1. The number of benzene rings is 1. The summed E-state index contributed by atoms with van der Waals surface area (Å²) in [7, 11) is 2.83. The van der Waals surface area contributed by atoms with E-state index in [1.165, 1.54) is 26.4 Å². The monoisotopic (exact) mass is 343 g/mol. The van der Waals surface area contributed by atoms with Gasteiger partial charge >= 0.3 is 5.97 Å². The average Bonchev–Trinajstić information content (AvgIpc) is 2.90. The third kappa shape index (κ3) is 2.29. The predicted octanol–water partition coefficient (Wildman–Crippen LogP) is 2.53. The Morgan fingerprint density at radius 1 is 1.35 bits per heavy atom. The van der Waals surface area contributed by atoms with E-state index in [1.807, 2.05) is 0 Å². The van der Waals surface area contributed by atoms with Gasteiger partial charge in [0.15, 0.2) is 23.0 Å². The second-order valence-electron chi connectivity index (χ2n) is 3.70. The minimum atomic E-state index is -1.24. The summed E-state index contributed by atoms with van der Waals surface area (Å²) in [5.41, 5.74) is -0.126. The number of halogens is 1. The van der Waals surface area contributed by atoms with Crippen LogP contribution >= 0.6 is 15.9 Å². The van der Waals surface area contributed by atoms with Crippen molar-refractivity contribution in [2.24, 2.45) is 0 Å². The summed E-state index contributed by atoms with van der Waals surface area (Å²) in [6, 6.07) is 2.71. The van der Waals surface area contributed by atoms with E-state index in [4.69, 9.17) is 19.1 Å². The number of carboxylic acid groups (broad SMARTS) is 1. The Bertz CT molecular complexity index is 666. The molecule has 0 spiro atoms. The van der Waals surface area contributed by atoms with Crippen LogP contribution in [0.1, 0.15) is 10.5 Å². The molecule has 0 aliphatic rings. The zero-order chi connectivity index (χ0) is 14.9. The summed E-state index contributed by atoms with van der Waals surface area (Å²) in [6.45, 7) is 0. The van der Waals surface area contributed by atoms with Gasteiger partial charge in [0.25, 0.3) is 0 Å². The fourth-order valence-electron chi connectivity index (χ4n) is 1.68. The summed E-state index contributed by atoms with van der Waals surface area (Å²) < 4.78 is 15.6. The van der Waals surface area contributed by atoms with Crippen LogP contribution in [0, 0.1) is 0 Å². The van der Waals surface area contributed by atoms with Crippen molar-refractivity contribution in [1.29, 1.82) is 0 Å². The van der Waals surface area contributed by atoms with E-state index in [9.17, 15) is 9.90 Å². The lowest BCUT2D eigenvalue weighted by Gasteiger charge is -2.13. The Hall–Kier alpha value is -2.22. The van der Waals surface area contributed by atoms with Gasteiger partial charge in [-0.05, 0) is 15.9 Å². The number of carbonyl (C=O) groups is 1. The van der Waals surface area contributed by atoms with Crippen molar-refractivity contribution in [3.63, 3.8) is 0 Å². The highest BCUT2D eigenvalue weighted by Crippen LogP contribution is 2.48. The summed E-state index contributed by atoms with van der Waals surface area (Å²) in [5, 5.41) is 22.4. The third-order valence-corrected chi connectivity index (χ3v) is 3.18. The van der Waals surface area contributed by atoms with E-state index >= 15 is 0 Å². The number of hydrogen-bond donors (Lipinski definition) is 2. The Morgan fingerprint density at radius 3 is 2.55 bits per heavy atom. The molecule has 0 atom stereocenters. The van der Waals surface area contributed by atoms with Crippen LogP contribution in [0.4, 0.5) is 0 Å². The first kappa shape index (κ1) is 14.2. The van der Waals surface area contributed by atoms with Crippen LogP contribution in [0.25, 0.3) is 11.3 Å². The van der Waals surface area contributed by atoms with Gasteiger partial charge in [-0.25, -0.2) is 4.79 Å². The van der Waals surface area contributed by atoms with Gasteiger partial charge in [0.1, 0.15) is 11.3 Å². The third-order valence-electron chi connectivity index (χ3n) is 2.57. The van der Waals surface area contributed by atoms with Crippen LogP contribution in [0.2, 0.25) is 0 Å². The molecule has 0 amide bonds. The first-order chi connectivity index (χ1) is 9.49. The first-order valence-corrected chi connectivity index (χ1v) is 6.12. The maximum atomic E-state index is 10.8. The Balaban J connectivity index is 2.70. The summed E-state index contributed by atoms with van der Waals surface area (Å²) in [5.74, 6) is -0.797.